The molecule has 1 saturated heterocycles. The van der Waals surface area contributed by atoms with E-state index in [2.05, 4.69) is 25.5 Å². The summed E-state index contributed by atoms with van der Waals surface area (Å²) in [6.45, 7) is 5.53. The zero-order valence-electron chi connectivity index (χ0n) is 23.8. The van der Waals surface area contributed by atoms with Gasteiger partial charge >= 0.3 is 6.03 Å². The van der Waals surface area contributed by atoms with Gasteiger partial charge in [0.1, 0.15) is 42.3 Å². The maximum Gasteiger partial charge on any atom is 0.319 e. The van der Waals surface area contributed by atoms with Gasteiger partial charge in [-0.1, -0.05) is 12.1 Å². The lowest BCUT2D eigenvalue weighted by molar-refractivity contribution is 0.0357. The molecule has 2 aliphatic rings. The van der Waals surface area contributed by atoms with Gasteiger partial charge in [0.05, 0.1) is 31.0 Å². The first-order chi connectivity index (χ1) is 21.5. The SMILES string of the molecule is O=C(NCc1ccc(F)cc1)Nc1ccc(Oc2ncnc3cc(OCCCN4CCOCC4)c4c(c23)OCCO4)cc1F. The van der Waals surface area contributed by atoms with Crippen LogP contribution in [0.4, 0.5) is 19.3 Å². The lowest BCUT2D eigenvalue weighted by Gasteiger charge is -2.26. The van der Waals surface area contributed by atoms with Crippen molar-refractivity contribution < 1.29 is 37.3 Å². The van der Waals surface area contributed by atoms with Gasteiger partial charge in [-0.3, -0.25) is 4.90 Å². The van der Waals surface area contributed by atoms with Crippen molar-refractivity contribution >= 4 is 22.6 Å². The van der Waals surface area contributed by atoms with E-state index in [1.165, 1.54) is 30.6 Å². The third-order valence-corrected chi connectivity index (χ3v) is 7.09. The van der Waals surface area contributed by atoms with Gasteiger partial charge in [-0.05, 0) is 36.2 Å². The van der Waals surface area contributed by atoms with E-state index in [1.807, 2.05) is 0 Å². The monoisotopic (exact) mass is 607 g/mol. The van der Waals surface area contributed by atoms with E-state index in [9.17, 15) is 13.6 Å². The van der Waals surface area contributed by atoms with Gasteiger partial charge < -0.3 is 34.3 Å². The van der Waals surface area contributed by atoms with Crippen molar-refractivity contribution in [2.45, 2.75) is 13.0 Å². The Morgan fingerprint density at radius 1 is 0.955 bits per heavy atom. The first kappa shape index (κ1) is 29.3. The van der Waals surface area contributed by atoms with Crippen molar-refractivity contribution in [3.63, 3.8) is 0 Å². The van der Waals surface area contributed by atoms with Crippen molar-refractivity contribution in [1.82, 2.24) is 20.2 Å². The van der Waals surface area contributed by atoms with E-state index in [4.69, 9.17) is 23.7 Å². The van der Waals surface area contributed by atoms with Gasteiger partial charge in [0.25, 0.3) is 0 Å². The fourth-order valence-corrected chi connectivity index (χ4v) is 4.89. The zero-order chi connectivity index (χ0) is 30.3. The Balaban J connectivity index is 1.13. The normalized spacial score (nSPS) is 14.7. The van der Waals surface area contributed by atoms with Crippen LogP contribution in [-0.4, -0.2) is 73.6 Å². The standard InChI is InChI=1S/C31H31F2N5O6/c32-21-4-2-20(3-5-21)18-34-31(39)37-24-7-6-22(16-23(24)33)44-30-27-25(35-19-36-30)17-26(28-29(27)43-15-14-42-28)41-11-1-8-38-9-12-40-13-10-38/h2-7,16-17,19H,1,8-15,18H2,(H2,34,37,39). The van der Waals surface area contributed by atoms with E-state index in [-0.39, 0.29) is 29.7 Å². The minimum atomic E-state index is -0.716. The Kier molecular flexibility index (Phi) is 9.13. The number of hydrogen-bond acceptors (Lipinski definition) is 9. The third kappa shape index (κ3) is 7.06. The highest BCUT2D eigenvalue weighted by molar-refractivity contribution is 5.94. The predicted octanol–water partition coefficient (Wildman–Crippen LogP) is 4.89. The van der Waals surface area contributed by atoms with Crippen LogP contribution < -0.4 is 29.6 Å². The number of morpholine rings is 1. The summed E-state index contributed by atoms with van der Waals surface area (Å²) < 4.78 is 57.4. The number of carbonyl (C=O) groups is 1. The molecule has 2 N–H and O–H groups in total. The fraction of sp³-hybridized carbons (Fsp3) is 0.323. The summed E-state index contributed by atoms with van der Waals surface area (Å²) >= 11 is 0. The molecular formula is C31H31F2N5O6. The summed E-state index contributed by atoms with van der Waals surface area (Å²) in [5.41, 5.74) is 1.16. The molecule has 1 aromatic heterocycles. The maximum atomic E-state index is 15.0. The summed E-state index contributed by atoms with van der Waals surface area (Å²) in [7, 11) is 0. The van der Waals surface area contributed by atoms with Crippen LogP contribution in [-0.2, 0) is 11.3 Å². The van der Waals surface area contributed by atoms with Crippen LogP contribution in [0.25, 0.3) is 10.9 Å². The predicted molar refractivity (Wildman–Crippen MR) is 157 cm³/mol. The van der Waals surface area contributed by atoms with Gasteiger partial charge in [-0.2, -0.15) is 0 Å². The van der Waals surface area contributed by atoms with Gasteiger partial charge in [0, 0.05) is 38.3 Å². The Labute approximate surface area is 252 Å². The van der Waals surface area contributed by atoms with Gasteiger partial charge in [-0.15, -0.1) is 0 Å². The molecule has 4 aromatic rings. The number of hydrogen-bond donors (Lipinski definition) is 2. The Hall–Kier alpha value is -4.75. The average Bonchev–Trinajstić information content (AvgIpc) is 3.04. The third-order valence-electron chi connectivity index (χ3n) is 7.09. The largest absolute Gasteiger partial charge is 0.489 e. The number of fused-ring (bicyclic) bond motifs is 3. The molecule has 11 nitrogen and oxygen atoms in total. The molecule has 44 heavy (non-hydrogen) atoms. The molecule has 0 aliphatic carbocycles. The molecule has 0 radical (unpaired) electrons. The summed E-state index contributed by atoms with van der Waals surface area (Å²) in [5, 5.41) is 5.53. The summed E-state index contributed by atoms with van der Waals surface area (Å²) in [5.74, 6) is 0.547. The molecule has 230 valence electrons. The van der Waals surface area contributed by atoms with Crippen LogP contribution in [0.15, 0.2) is 54.9 Å². The number of ether oxygens (including phenoxy) is 5. The number of halogens is 2. The van der Waals surface area contributed by atoms with Crippen LogP contribution in [0, 0.1) is 11.6 Å². The lowest BCUT2D eigenvalue weighted by atomic mass is 10.1. The van der Waals surface area contributed by atoms with Gasteiger partial charge in [0.2, 0.25) is 11.6 Å². The minimum absolute atomic E-state index is 0.0500. The molecule has 3 aromatic carbocycles. The highest BCUT2D eigenvalue weighted by Crippen LogP contribution is 2.48. The number of anilines is 1. The minimum Gasteiger partial charge on any atom is -0.489 e. The van der Waals surface area contributed by atoms with Crippen molar-refractivity contribution in [2.24, 2.45) is 0 Å². The number of carbonyl (C=O) groups excluding carboxylic acids is 1. The van der Waals surface area contributed by atoms with E-state index >= 15 is 0 Å². The van der Waals surface area contributed by atoms with E-state index < -0.39 is 11.8 Å². The van der Waals surface area contributed by atoms with Crippen molar-refractivity contribution in [3.8, 4) is 28.9 Å². The molecule has 13 heteroatoms. The van der Waals surface area contributed by atoms with Crippen LogP contribution in [0.2, 0.25) is 0 Å². The molecular weight excluding hydrogens is 576 g/mol. The summed E-state index contributed by atoms with van der Waals surface area (Å²) in [6.07, 6.45) is 2.17. The molecule has 6 rings (SSSR count). The number of aromatic nitrogens is 2. The number of nitrogens with one attached hydrogen (secondary N) is 2. The zero-order valence-corrected chi connectivity index (χ0v) is 23.8. The molecule has 1 fully saturated rings. The Bertz CT molecular complexity index is 1620. The lowest BCUT2D eigenvalue weighted by Crippen LogP contribution is -2.37. The second-order valence-electron chi connectivity index (χ2n) is 10.1. The van der Waals surface area contributed by atoms with Crippen LogP contribution in [0.1, 0.15) is 12.0 Å². The topological polar surface area (TPSA) is 116 Å². The van der Waals surface area contributed by atoms with Crippen molar-refractivity contribution in [2.75, 3.05) is 58.0 Å². The second-order valence-corrected chi connectivity index (χ2v) is 10.1. The second kappa shape index (κ2) is 13.7. The number of benzene rings is 3. The Morgan fingerprint density at radius 2 is 1.75 bits per heavy atom. The van der Waals surface area contributed by atoms with Crippen molar-refractivity contribution in [3.05, 3.63) is 72.1 Å². The van der Waals surface area contributed by atoms with Crippen LogP contribution in [0.3, 0.4) is 0 Å². The fourth-order valence-electron chi connectivity index (χ4n) is 4.89. The number of urea groups is 1. The number of amides is 2. The molecule has 3 heterocycles. The van der Waals surface area contributed by atoms with Crippen molar-refractivity contribution in [1.29, 1.82) is 0 Å². The highest BCUT2D eigenvalue weighted by Gasteiger charge is 2.25. The van der Waals surface area contributed by atoms with Gasteiger partial charge in [-0.25, -0.2) is 23.5 Å². The molecule has 2 amide bonds. The highest BCUT2D eigenvalue weighted by atomic mass is 19.1. The number of nitrogens with zero attached hydrogens (tertiary/aromatic N) is 3. The van der Waals surface area contributed by atoms with E-state index in [1.54, 1.807) is 18.2 Å². The maximum absolute atomic E-state index is 15.0. The van der Waals surface area contributed by atoms with Crippen LogP contribution in [0.5, 0.6) is 28.9 Å². The van der Waals surface area contributed by atoms with E-state index in [0.717, 1.165) is 45.3 Å². The molecule has 0 saturated carbocycles. The smallest absolute Gasteiger partial charge is 0.319 e. The van der Waals surface area contributed by atoms with E-state index in [0.29, 0.717) is 53.5 Å². The first-order valence-corrected chi connectivity index (χ1v) is 14.3. The average molecular weight is 608 g/mol. The van der Waals surface area contributed by atoms with Crippen LogP contribution >= 0.6 is 0 Å². The molecule has 2 aliphatic heterocycles. The summed E-state index contributed by atoms with van der Waals surface area (Å²) in [6, 6.07) is 10.8. The Morgan fingerprint density at radius 3 is 2.55 bits per heavy atom. The summed E-state index contributed by atoms with van der Waals surface area (Å²) in [4.78, 5) is 23.3. The first-order valence-electron chi connectivity index (χ1n) is 14.3. The molecule has 0 bridgehead atoms. The molecule has 0 unspecified atom stereocenters. The molecule has 0 spiro atoms. The quantitative estimate of drug-likeness (QED) is 0.243. The van der Waals surface area contributed by atoms with Gasteiger partial charge in [0.15, 0.2) is 11.5 Å². The number of rotatable bonds is 10. The molecule has 0 atom stereocenters.